The number of hydrogen-bond donors (Lipinski definition) is 0. The molecular formula is C13H19O3P. The van der Waals surface area contributed by atoms with Crippen LogP contribution in [0, 0.1) is 0 Å². The molecule has 17 heavy (non-hydrogen) atoms. The maximum atomic E-state index is 11.9. The first-order valence-electron chi connectivity index (χ1n) is 5.80. The molecule has 1 rings (SSSR count). The Bertz CT molecular complexity index is 387. The van der Waals surface area contributed by atoms with Crippen molar-refractivity contribution in [3.05, 3.63) is 42.0 Å². The summed E-state index contributed by atoms with van der Waals surface area (Å²) >= 11 is 0. The predicted molar refractivity (Wildman–Crippen MR) is 71.2 cm³/mol. The average Bonchev–Trinajstić information content (AvgIpc) is 2.36. The molecule has 1 atom stereocenters. The predicted octanol–water partition coefficient (Wildman–Crippen LogP) is 3.97. The summed E-state index contributed by atoms with van der Waals surface area (Å²) in [5, 5.41) is 0. The summed E-state index contributed by atoms with van der Waals surface area (Å²) in [4.78, 5) is 0. The molecule has 3 nitrogen and oxygen atoms in total. The van der Waals surface area contributed by atoms with Gasteiger partial charge in [-0.2, -0.15) is 0 Å². The minimum absolute atomic E-state index is 0.306. The zero-order valence-electron chi connectivity index (χ0n) is 10.3. The Hall–Kier alpha value is -0.890. The topological polar surface area (TPSA) is 35.5 Å². The molecule has 0 aliphatic rings. The summed E-state index contributed by atoms with van der Waals surface area (Å²) in [6.45, 7) is 4.33. The van der Waals surface area contributed by atoms with Gasteiger partial charge in [0.25, 0.3) is 0 Å². The first-order chi connectivity index (χ1) is 8.20. The van der Waals surface area contributed by atoms with Crippen molar-refractivity contribution in [1.82, 2.24) is 0 Å². The highest BCUT2D eigenvalue weighted by atomic mass is 31.2. The van der Waals surface area contributed by atoms with Gasteiger partial charge in [-0.3, -0.25) is 4.57 Å². The van der Waals surface area contributed by atoms with Crippen LogP contribution in [0.5, 0.6) is 0 Å². The van der Waals surface area contributed by atoms with E-state index in [9.17, 15) is 4.57 Å². The highest BCUT2D eigenvalue weighted by Crippen LogP contribution is 2.47. The highest BCUT2D eigenvalue weighted by molar-refractivity contribution is 7.53. The van der Waals surface area contributed by atoms with Gasteiger partial charge in [0.1, 0.15) is 0 Å². The molecule has 0 aliphatic heterocycles. The smallest absolute Gasteiger partial charge is 0.309 e. The van der Waals surface area contributed by atoms with Gasteiger partial charge in [-0.05, 0) is 12.5 Å². The van der Waals surface area contributed by atoms with Crippen LogP contribution >= 0.6 is 7.60 Å². The number of benzene rings is 1. The molecule has 0 bridgehead atoms. The van der Waals surface area contributed by atoms with Crippen molar-refractivity contribution in [3.63, 3.8) is 0 Å². The molecule has 0 N–H and O–H groups in total. The second-order valence-electron chi connectivity index (χ2n) is 3.45. The lowest BCUT2D eigenvalue weighted by molar-refractivity contribution is 0.229. The molecule has 1 aromatic rings. The Balaban J connectivity index is 2.42. The van der Waals surface area contributed by atoms with E-state index < -0.39 is 7.60 Å². The summed E-state index contributed by atoms with van der Waals surface area (Å²) in [5.41, 5.74) is 1.10. The normalized spacial score (nSPS) is 14.9. The monoisotopic (exact) mass is 254 g/mol. The van der Waals surface area contributed by atoms with Gasteiger partial charge in [0.15, 0.2) is 0 Å². The lowest BCUT2D eigenvalue weighted by atomic mass is 10.2. The van der Waals surface area contributed by atoms with Crippen molar-refractivity contribution in [2.75, 3.05) is 19.4 Å². The largest absolute Gasteiger partial charge is 0.330 e. The summed E-state index contributed by atoms with van der Waals surface area (Å²) in [7, 11) is -2.87. The Morgan fingerprint density at radius 2 is 1.88 bits per heavy atom. The maximum Gasteiger partial charge on any atom is 0.330 e. The molecule has 94 valence electrons. The Morgan fingerprint density at radius 1 is 1.18 bits per heavy atom. The van der Waals surface area contributed by atoms with E-state index in [2.05, 4.69) is 0 Å². The van der Waals surface area contributed by atoms with Crippen molar-refractivity contribution in [1.29, 1.82) is 0 Å². The van der Waals surface area contributed by atoms with Gasteiger partial charge in [0, 0.05) is 6.16 Å². The van der Waals surface area contributed by atoms with Crippen molar-refractivity contribution in [2.45, 2.75) is 13.8 Å². The highest BCUT2D eigenvalue weighted by Gasteiger charge is 2.19. The fraction of sp³-hybridized carbons (Fsp3) is 0.385. The van der Waals surface area contributed by atoms with E-state index in [4.69, 9.17) is 9.05 Å². The molecule has 1 unspecified atom stereocenters. The molecular weight excluding hydrogens is 235 g/mol. The molecule has 0 fully saturated rings. The summed E-state index contributed by atoms with van der Waals surface area (Å²) in [6.07, 6.45) is 4.18. The zero-order valence-corrected chi connectivity index (χ0v) is 11.2. The molecule has 0 radical (unpaired) electrons. The Morgan fingerprint density at radius 3 is 2.47 bits per heavy atom. The fourth-order valence-electron chi connectivity index (χ4n) is 1.32. The van der Waals surface area contributed by atoms with Gasteiger partial charge >= 0.3 is 7.60 Å². The van der Waals surface area contributed by atoms with Crippen LogP contribution in [0.4, 0.5) is 0 Å². The van der Waals surface area contributed by atoms with E-state index in [0.717, 1.165) is 5.56 Å². The van der Waals surface area contributed by atoms with Gasteiger partial charge in [0.2, 0.25) is 0 Å². The molecule has 0 amide bonds. The van der Waals surface area contributed by atoms with E-state index in [1.807, 2.05) is 49.4 Å². The van der Waals surface area contributed by atoms with E-state index in [0.29, 0.717) is 19.4 Å². The van der Waals surface area contributed by atoms with Crippen molar-refractivity contribution >= 4 is 13.7 Å². The molecule has 0 aromatic heterocycles. The van der Waals surface area contributed by atoms with E-state index in [1.165, 1.54) is 0 Å². The molecule has 0 saturated heterocycles. The van der Waals surface area contributed by atoms with E-state index in [-0.39, 0.29) is 0 Å². The van der Waals surface area contributed by atoms with Gasteiger partial charge in [-0.25, -0.2) is 0 Å². The summed E-state index contributed by atoms with van der Waals surface area (Å²) < 4.78 is 22.3. The van der Waals surface area contributed by atoms with E-state index in [1.54, 1.807) is 6.92 Å². The lowest BCUT2D eigenvalue weighted by Gasteiger charge is -2.14. The first kappa shape index (κ1) is 14.2. The molecule has 1 aromatic carbocycles. The van der Waals surface area contributed by atoms with Gasteiger partial charge in [-0.15, -0.1) is 0 Å². The molecule has 4 heteroatoms. The lowest BCUT2D eigenvalue weighted by Crippen LogP contribution is -1.97. The fourth-order valence-corrected chi connectivity index (χ4v) is 2.47. The Kier molecular flexibility index (Phi) is 6.20. The minimum Gasteiger partial charge on any atom is -0.309 e. The van der Waals surface area contributed by atoms with Crippen LogP contribution in [0.2, 0.25) is 0 Å². The third kappa shape index (κ3) is 5.31. The minimum atomic E-state index is -2.87. The van der Waals surface area contributed by atoms with Crippen LogP contribution in [0.15, 0.2) is 36.4 Å². The first-order valence-corrected chi connectivity index (χ1v) is 7.52. The van der Waals surface area contributed by atoms with Crippen LogP contribution in [0.3, 0.4) is 0 Å². The van der Waals surface area contributed by atoms with Crippen molar-refractivity contribution in [2.24, 2.45) is 0 Å². The van der Waals surface area contributed by atoms with Crippen LogP contribution in [-0.2, 0) is 13.6 Å². The third-order valence-electron chi connectivity index (χ3n) is 2.19. The summed E-state index contributed by atoms with van der Waals surface area (Å²) in [5.74, 6) is 0. The van der Waals surface area contributed by atoms with Gasteiger partial charge in [0.05, 0.1) is 13.2 Å². The van der Waals surface area contributed by atoms with Crippen LogP contribution < -0.4 is 0 Å². The summed E-state index contributed by atoms with van der Waals surface area (Å²) in [6, 6.07) is 9.90. The van der Waals surface area contributed by atoms with Crippen LogP contribution in [-0.4, -0.2) is 19.4 Å². The average molecular weight is 254 g/mol. The van der Waals surface area contributed by atoms with Crippen LogP contribution in [0.1, 0.15) is 19.4 Å². The molecule has 0 aliphatic carbocycles. The Labute approximate surface area is 103 Å². The van der Waals surface area contributed by atoms with Gasteiger partial charge in [-0.1, -0.05) is 49.4 Å². The third-order valence-corrected chi connectivity index (χ3v) is 4.16. The standard InChI is InChI=1S/C13H19O3P/c1-3-15-17(14,4-2)16-12-8-11-13-9-6-5-7-10-13/h5-11H,3-4,12H2,1-2H3/b11-8+. The van der Waals surface area contributed by atoms with Crippen molar-refractivity contribution in [3.8, 4) is 0 Å². The molecule has 0 spiro atoms. The number of rotatable bonds is 7. The molecule has 0 saturated carbocycles. The second kappa shape index (κ2) is 7.44. The van der Waals surface area contributed by atoms with Crippen molar-refractivity contribution < 1.29 is 13.6 Å². The van der Waals surface area contributed by atoms with Crippen LogP contribution in [0.25, 0.3) is 6.08 Å². The number of hydrogen-bond acceptors (Lipinski definition) is 3. The maximum absolute atomic E-state index is 11.9. The van der Waals surface area contributed by atoms with Gasteiger partial charge < -0.3 is 9.05 Å². The van der Waals surface area contributed by atoms with E-state index >= 15 is 0 Å². The quantitative estimate of drug-likeness (QED) is 0.691. The second-order valence-corrected chi connectivity index (χ2v) is 5.82. The molecule has 0 heterocycles. The SMILES string of the molecule is CCOP(=O)(CC)OC/C=C/c1ccccc1. The zero-order chi connectivity index (χ0) is 12.6.